The van der Waals surface area contributed by atoms with Gasteiger partial charge in [0, 0.05) is 19.1 Å². The van der Waals surface area contributed by atoms with Gasteiger partial charge in [0.15, 0.2) is 10.4 Å². The molecule has 1 saturated heterocycles. The van der Waals surface area contributed by atoms with Crippen molar-refractivity contribution in [1.29, 1.82) is 0 Å². The van der Waals surface area contributed by atoms with Gasteiger partial charge in [0.25, 0.3) is 5.91 Å². The number of nitrogens with zero attached hydrogens (tertiary/aromatic N) is 1. The van der Waals surface area contributed by atoms with Crippen LogP contribution in [0.2, 0.25) is 0 Å². The van der Waals surface area contributed by atoms with E-state index in [4.69, 9.17) is 9.15 Å². The van der Waals surface area contributed by atoms with Crippen molar-refractivity contribution in [2.24, 2.45) is 0 Å². The Morgan fingerprint density at radius 2 is 1.88 bits per heavy atom. The summed E-state index contributed by atoms with van der Waals surface area (Å²) in [5.41, 5.74) is 0.967. The monoisotopic (exact) mass is 420 g/mol. The summed E-state index contributed by atoms with van der Waals surface area (Å²) in [6, 6.07) is 10.9. The number of piperidine rings is 1. The van der Waals surface area contributed by atoms with E-state index in [1.54, 1.807) is 19.2 Å². The zero-order valence-corrected chi connectivity index (χ0v) is 16.1. The molecule has 0 radical (unpaired) electrons. The van der Waals surface area contributed by atoms with E-state index >= 15 is 0 Å². The van der Waals surface area contributed by atoms with Crippen LogP contribution < -0.4 is 10.1 Å². The Hall–Kier alpha value is -2.28. The third-order valence-electron chi connectivity index (χ3n) is 4.49. The highest BCUT2D eigenvalue weighted by Crippen LogP contribution is 2.17. The Morgan fingerprint density at radius 1 is 1.19 bits per heavy atom. The van der Waals surface area contributed by atoms with Gasteiger partial charge in [-0.15, -0.1) is 0 Å². The van der Waals surface area contributed by atoms with Gasteiger partial charge in [-0.3, -0.25) is 9.59 Å². The molecule has 1 N–H and O–H groups in total. The minimum absolute atomic E-state index is 0.0522. The first-order chi connectivity index (χ1) is 12.5. The van der Waals surface area contributed by atoms with Crippen molar-refractivity contribution in [2.45, 2.75) is 25.3 Å². The van der Waals surface area contributed by atoms with Crippen molar-refractivity contribution < 1.29 is 18.7 Å². The van der Waals surface area contributed by atoms with Crippen LogP contribution in [0.25, 0.3) is 0 Å². The number of benzene rings is 1. The highest BCUT2D eigenvalue weighted by molar-refractivity contribution is 9.10. The van der Waals surface area contributed by atoms with Crippen LogP contribution in [0.5, 0.6) is 5.75 Å². The molecule has 6 nitrogen and oxygen atoms in total. The molecule has 1 aromatic carbocycles. The van der Waals surface area contributed by atoms with Gasteiger partial charge < -0.3 is 19.4 Å². The lowest BCUT2D eigenvalue weighted by molar-refractivity contribution is -0.131. The van der Waals surface area contributed by atoms with Crippen molar-refractivity contribution >= 4 is 27.7 Å². The van der Waals surface area contributed by atoms with Crippen molar-refractivity contribution in [2.75, 3.05) is 20.2 Å². The average Bonchev–Trinajstić information content (AvgIpc) is 3.09. The second-order valence-corrected chi connectivity index (χ2v) is 7.04. The van der Waals surface area contributed by atoms with E-state index in [9.17, 15) is 9.59 Å². The first-order valence-electron chi connectivity index (χ1n) is 8.52. The third-order valence-corrected chi connectivity index (χ3v) is 4.92. The maximum atomic E-state index is 12.5. The highest BCUT2D eigenvalue weighted by atomic mass is 79.9. The number of methoxy groups -OCH3 is 1. The molecule has 2 heterocycles. The van der Waals surface area contributed by atoms with Crippen LogP contribution in [-0.2, 0) is 11.2 Å². The number of nitrogens with one attached hydrogen (secondary N) is 1. The fraction of sp³-hybridized carbons (Fsp3) is 0.368. The molecule has 0 saturated carbocycles. The van der Waals surface area contributed by atoms with Crippen LogP contribution in [0.15, 0.2) is 45.5 Å². The topological polar surface area (TPSA) is 71.8 Å². The largest absolute Gasteiger partial charge is 0.497 e. The molecule has 0 spiro atoms. The summed E-state index contributed by atoms with van der Waals surface area (Å²) >= 11 is 3.19. The molecule has 3 rings (SSSR count). The van der Waals surface area contributed by atoms with Crippen molar-refractivity contribution in [3.05, 3.63) is 52.4 Å². The number of hydrogen-bond acceptors (Lipinski definition) is 4. The first-order valence-corrected chi connectivity index (χ1v) is 9.31. The quantitative estimate of drug-likeness (QED) is 0.806. The van der Waals surface area contributed by atoms with Gasteiger partial charge in [0.05, 0.1) is 13.5 Å². The Labute approximate surface area is 160 Å². The lowest BCUT2D eigenvalue weighted by atomic mass is 10.0. The lowest BCUT2D eigenvalue weighted by Crippen LogP contribution is -2.46. The Morgan fingerprint density at radius 3 is 2.46 bits per heavy atom. The number of carbonyl (C=O) groups is 2. The summed E-state index contributed by atoms with van der Waals surface area (Å²) in [5, 5.41) is 2.96. The molecule has 2 aromatic rings. The predicted molar refractivity (Wildman–Crippen MR) is 100 cm³/mol. The number of rotatable bonds is 5. The number of amides is 2. The number of ether oxygens (including phenoxy) is 1. The van der Waals surface area contributed by atoms with E-state index < -0.39 is 0 Å². The molecule has 1 fully saturated rings. The Bertz CT molecular complexity index is 764. The van der Waals surface area contributed by atoms with Crippen LogP contribution in [0.4, 0.5) is 0 Å². The summed E-state index contributed by atoms with van der Waals surface area (Å²) in [7, 11) is 1.62. The molecule has 0 atom stereocenters. The molecule has 0 bridgehead atoms. The molecular formula is C19H21BrN2O4. The zero-order chi connectivity index (χ0) is 18.5. The summed E-state index contributed by atoms with van der Waals surface area (Å²) in [4.78, 5) is 26.4. The van der Waals surface area contributed by atoms with E-state index in [1.165, 1.54) is 0 Å². The minimum Gasteiger partial charge on any atom is -0.497 e. The summed E-state index contributed by atoms with van der Waals surface area (Å²) in [6.45, 7) is 1.28. The molecule has 1 aliphatic rings. The van der Waals surface area contributed by atoms with Gasteiger partial charge in [-0.2, -0.15) is 0 Å². The summed E-state index contributed by atoms with van der Waals surface area (Å²) in [5.74, 6) is 0.949. The fourth-order valence-electron chi connectivity index (χ4n) is 3.00. The number of hydrogen-bond donors (Lipinski definition) is 1. The second-order valence-electron chi connectivity index (χ2n) is 6.26. The maximum Gasteiger partial charge on any atom is 0.287 e. The van der Waals surface area contributed by atoms with Gasteiger partial charge in [-0.25, -0.2) is 0 Å². The minimum atomic E-state index is -0.223. The Kier molecular flexibility index (Phi) is 5.98. The van der Waals surface area contributed by atoms with E-state index in [1.807, 2.05) is 29.2 Å². The van der Waals surface area contributed by atoms with E-state index in [2.05, 4.69) is 21.2 Å². The molecule has 0 unspecified atom stereocenters. The molecular weight excluding hydrogens is 400 g/mol. The van der Waals surface area contributed by atoms with Crippen LogP contribution in [-0.4, -0.2) is 43.0 Å². The van der Waals surface area contributed by atoms with Crippen LogP contribution in [0, 0.1) is 0 Å². The molecule has 0 aliphatic carbocycles. The maximum absolute atomic E-state index is 12.5. The van der Waals surface area contributed by atoms with Crippen molar-refractivity contribution in [3.8, 4) is 5.75 Å². The number of furan rings is 1. The lowest BCUT2D eigenvalue weighted by Gasteiger charge is -2.32. The van der Waals surface area contributed by atoms with Gasteiger partial charge in [-0.05, 0) is 58.6 Å². The number of likely N-dealkylation sites (tertiary alicyclic amines) is 1. The predicted octanol–water partition coefficient (Wildman–Crippen LogP) is 3.01. The smallest absolute Gasteiger partial charge is 0.287 e. The van der Waals surface area contributed by atoms with E-state index in [0.717, 1.165) is 24.2 Å². The van der Waals surface area contributed by atoms with Gasteiger partial charge in [0.1, 0.15) is 5.75 Å². The average molecular weight is 421 g/mol. The van der Waals surface area contributed by atoms with Crippen LogP contribution >= 0.6 is 15.9 Å². The third kappa shape index (κ3) is 4.66. The molecule has 1 aromatic heterocycles. The SMILES string of the molecule is COc1ccc(CC(=O)N2CCC(NC(=O)c3ccc(Br)o3)CC2)cc1. The fourth-order valence-corrected chi connectivity index (χ4v) is 3.30. The number of carbonyl (C=O) groups excluding carboxylic acids is 2. The van der Waals surface area contributed by atoms with Gasteiger partial charge >= 0.3 is 0 Å². The van der Waals surface area contributed by atoms with E-state index in [0.29, 0.717) is 24.2 Å². The summed E-state index contributed by atoms with van der Waals surface area (Å²) < 4.78 is 10.9. The van der Waals surface area contributed by atoms with Gasteiger partial charge in [0.2, 0.25) is 5.91 Å². The van der Waals surface area contributed by atoms with Crippen molar-refractivity contribution in [1.82, 2.24) is 10.2 Å². The Balaban J connectivity index is 1.46. The van der Waals surface area contributed by atoms with Gasteiger partial charge in [-0.1, -0.05) is 12.1 Å². The van der Waals surface area contributed by atoms with E-state index in [-0.39, 0.29) is 23.6 Å². The van der Waals surface area contributed by atoms with Crippen LogP contribution in [0.1, 0.15) is 29.0 Å². The van der Waals surface area contributed by atoms with Crippen molar-refractivity contribution in [3.63, 3.8) is 0 Å². The molecule has 1 aliphatic heterocycles. The zero-order valence-electron chi connectivity index (χ0n) is 14.5. The summed E-state index contributed by atoms with van der Waals surface area (Å²) in [6.07, 6.45) is 1.85. The molecule has 138 valence electrons. The molecule has 26 heavy (non-hydrogen) atoms. The standard InChI is InChI=1S/C19H21BrN2O4/c1-25-15-4-2-13(3-5-15)12-18(23)22-10-8-14(9-11-22)21-19(24)16-6-7-17(20)26-16/h2-7,14H,8-12H2,1H3,(H,21,24). The second kappa shape index (κ2) is 8.40. The highest BCUT2D eigenvalue weighted by Gasteiger charge is 2.25. The normalized spacial score (nSPS) is 14.9. The number of halogens is 1. The van der Waals surface area contributed by atoms with Crippen LogP contribution in [0.3, 0.4) is 0 Å². The molecule has 7 heteroatoms. The molecule has 2 amide bonds. The first kappa shape index (κ1) is 18.5.